The molecule has 0 aliphatic carbocycles. The maximum absolute atomic E-state index is 12.0. The summed E-state index contributed by atoms with van der Waals surface area (Å²) in [6.07, 6.45) is 5.67. The molecule has 3 N–H and O–H groups in total. The van der Waals surface area contributed by atoms with Crippen molar-refractivity contribution in [3.63, 3.8) is 0 Å². The van der Waals surface area contributed by atoms with E-state index >= 15 is 0 Å². The quantitative estimate of drug-likeness (QED) is 0.746. The van der Waals surface area contributed by atoms with Crippen LogP contribution in [0.3, 0.4) is 0 Å². The molecule has 2 heterocycles. The standard InChI is InChI=1S/C13H25N3O/c1-10(14)11-5-4-8-16(9-11)12-6-2-3-7-15-13(12)17/h10-12H,2-9,14H2,1H3,(H,15,17). The molecule has 2 rings (SSSR count). The van der Waals surface area contributed by atoms with E-state index in [2.05, 4.69) is 17.1 Å². The fraction of sp³-hybridized carbons (Fsp3) is 0.923. The molecule has 2 saturated heterocycles. The van der Waals surface area contributed by atoms with Gasteiger partial charge in [0, 0.05) is 19.1 Å². The second kappa shape index (κ2) is 5.83. The summed E-state index contributed by atoms with van der Waals surface area (Å²) in [6, 6.07) is 0.339. The number of piperidine rings is 1. The van der Waals surface area contributed by atoms with Crippen molar-refractivity contribution in [1.29, 1.82) is 0 Å². The third kappa shape index (κ3) is 3.19. The van der Waals surface area contributed by atoms with Gasteiger partial charge in [-0.15, -0.1) is 0 Å². The summed E-state index contributed by atoms with van der Waals surface area (Å²) in [4.78, 5) is 14.4. The lowest BCUT2D eigenvalue weighted by Gasteiger charge is -2.38. The molecule has 17 heavy (non-hydrogen) atoms. The summed E-state index contributed by atoms with van der Waals surface area (Å²) in [5.74, 6) is 0.785. The summed E-state index contributed by atoms with van der Waals surface area (Å²) < 4.78 is 0. The molecule has 0 radical (unpaired) electrons. The van der Waals surface area contributed by atoms with E-state index in [9.17, 15) is 4.79 Å². The van der Waals surface area contributed by atoms with E-state index < -0.39 is 0 Å². The van der Waals surface area contributed by atoms with E-state index in [1.54, 1.807) is 0 Å². The van der Waals surface area contributed by atoms with Crippen LogP contribution in [-0.4, -0.2) is 42.5 Å². The summed E-state index contributed by atoms with van der Waals surface area (Å²) in [7, 11) is 0. The molecule has 1 amide bonds. The van der Waals surface area contributed by atoms with Crippen LogP contribution in [0.1, 0.15) is 39.0 Å². The predicted octanol–water partition coefficient (Wildman–Crippen LogP) is 0.714. The minimum Gasteiger partial charge on any atom is -0.355 e. The Morgan fingerprint density at radius 2 is 2.18 bits per heavy atom. The monoisotopic (exact) mass is 239 g/mol. The Balaban J connectivity index is 1.97. The molecule has 0 bridgehead atoms. The average Bonchev–Trinajstić information content (AvgIpc) is 2.54. The number of hydrogen-bond acceptors (Lipinski definition) is 3. The van der Waals surface area contributed by atoms with Crippen LogP contribution in [0.5, 0.6) is 0 Å². The van der Waals surface area contributed by atoms with E-state index in [1.165, 1.54) is 12.8 Å². The van der Waals surface area contributed by atoms with Crippen LogP contribution in [0.2, 0.25) is 0 Å². The highest BCUT2D eigenvalue weighted by molar-refractivity contribution is 5.81. The van der Waals surface area contributed by atoms with Crippen LogP contribution in [0.15, 0.2) is 0 Å². The number of carbonyl (C=O) groups is 1. The Bertz CT molecular complexity index is 267. The third-order valence-corrected chi connectivity index (χ3v) is 4.18. The summed E-state index contributed by atoms with van der Waals surface area (Å²) in [5, 5.41) is 3.02. The molecule has 4 nitrogen and oxygen atoms in total. The number of amides is 1. The molecule has 4 heteroatoms. The molecular formula is C13H25N3O. The first-order valence-corrected chi connectivity index (χ1v) is 6.96. The first kappa shape index (κ1) is 12.8. The van der Waals surface area contributed by atoms with Crippen molar-refractivity contribution in [3.8, 4) is 0 Å². The van der Waals surface area contributed by atoms with Gasteiger partial charge in [-0.25, -0.2) is 0 Å². The van der Waals surface area contributed by atoms with Gasteiger partial charge in [0.2, 0.25) is 5.91 Å². The summed E-state index contributed by atoms with van der Waals surface area (Å²) in [5.41, 5.74) is 6.00. The molecule has 3 unspecified atom stereocenters. The second-order valence-electron chi connectivity index (χ2n) is 5.56. The normalized spacial score (nSPS) is 33.9. The van der Waals surface area contributed by atoms with E-state index in [-0.39, 0.29) is 18.0 Å². The zero-order chi connectivity index (χ0) is 12.3. The molecule has 2 aliphatic heterocycles. The van der Waals surface area contributed by atoms with Crippen LogP contribution in [0, 0.1) is 5.92 Å². The maximum atomic E-state index is 12.0. The zero-order valence-electron chi connectivity index (χ0n) is 10.8. The fourth-order valence-corrected chi connectivity index (χ4v) is 3.02. The van der Waals surface area contributed by atoms with Gasteiger partial charge < -0.3 is 11.1 Å². The molecule has 0 saturated carbocycles. The number of likely N-dealkylation sites (tertiary alicyclic amines) is 1. The van der Waals surface area contributed by atoms with Gasteiger partial charge in [0.05, 0.1) is 6.04 Å². The van der Waals surface area contributed by atoms with Crippen LogP contribution in [0.25, 0.3) is 0 Å². The van der Waals surface area contributed by atoms with Gasteiger partial charge in [-0.1, -0.05) is 0 Å². The number of nitrogens with zero attached hydrogens (tertiary/aromatic N) is 1. The molecule has 3 atom stereocenters. The van der Waals surface area contributed by atoms with Crippen molar-refractivity contribution in [2.45, 2.75) is 51.1 Å². The Morgan fingerprint density at radius 3 is 2.94 bits per heavy atom. The Kier molecular flexibility index (Phi) is 4.40. The smallest absolute Gasteiger partial charge is 0.237 e. The summed E-state index contributed by atoms with van der Waals surface area (Å²) >= 11 is 0. The molecule has 0 aromatic heterocycles. The van der Waals surface area contributed by atoms with Gasteiger partial charge in [0.1, 0.15) is 0 Å². The van der Waals surface area contributed by atoms with Crippen molar-refractivity contribution in [1.82, 2.24) is 10.2 Å². The molecule has 98 valence electrons. The molecule has 0 spiro atoms. The molecule has 0 aromatic rings. The van der Waals surface area contributed by atoms with Crippen molar-refractivity contribution in [3.05, 3.63) is 0 Å². The maximum Gasteiger partial charge on any atom is 0.237 e. The SMILES string of the molecule is CC(N)C1CCCN(C2CCCCNC2=O)C1. The van der Waals surface area contributed by atoms with Crippen molar-refractivity contribution in [2.75, 3.05) is 19.6 Å². The molecular weight excluding hydrogens is 214 g/mol. The Hall–Kier alpha value is -0.610. The first-order valence-electron chi connectivity index (χ1n) is 6.96. The van der Waals surface area contributed by atoms with Crippen LogP contribution >= 0.6 is 0 Å². The summed E-state index contributed by atoms with van der Waals surface area (Å²) in [6.45, 7) is 4.98. The predicted molar refractivity (Wildman–Crippen MR) is 68.6 cm³/mol. The van der Waals surface area contributed by atoms with E-state index in [4.69, 9.17) is 5.73 Å². The van der Waals surface area contributed by atoms with Gasteiger partial charge in [-0.3, -0.25) is 9.69 Å². The topological polar surface area (TPSA) is 58.4 Å². The number of hydrogen-bond donors (Lipinski definition) is 2. The molecule has 2 fully saturated rings. The first-order chi connectivity index (χ1) is 8.18. The zero-order valence-corrected chi connectivity index (χ0v) is 10.8. The van der Waals surface area contributed by atoms with Crippen LogP contribution < -0.4 is 11.1 Å². The van der Waals surface area contributed by atoms with Crippen molar-refractivity contribution >= 4 is 5.91 Å². The van der Waals surface area contributed by atoms with Gasteiger partial charge in [0.25, 0.3) is 0 Å². The molecule has 2 aliphatic rings. The average molecular weight is 239 g/mol. The minimum atomic E-state index is 0.0963. The van der Waals surface area contributed by atoms with Gasteiger partial charge in [-0.05, 0) is 51.5 Å². The lowest BCUT2D eigenvalue weighted by atomic mass is 9.90. The lowest BCUT2D eigenvalue weighted by molar-refractivity contribution is -0.127. The number of rotatable bonds is 2. The van der Waals surface area contributed by atoms with E-state index in [1.807, 2.05) is 0 Å². The third-order valence-electron chi connectivity index (χ3n) is 4.18. The van der Waals surface area contributed by atoms with Gasteiger partial charge >= 0.3 is 0 Å². The number of nitrogens with two attached hydrogens (primary N) is 1. The lowest BCUT2D eigenvalue weighted by Crippen LogP contribution is -2.51. The molecule has 0 aromatic carbocycles. The van der Waals surface area contributed by atoms with Crippen molar-refractivity contribution < 1.29 is 4.79 Å². The largest absolute Gasteiger partial charge is 0.355 e. The highest BCUT2D eigenvalue weighted by atomic mass is 16.2. The van der Waals surface area contributed by atoms with Crippen LogP contribution in [-0.2, 0) is 4.79 Å². The minimum absolute atomic E-state index is 0.0963. The van der Waals surface area contributed by atoms with Gasteiger partial charge in [-0.2, -0.15) is 0 Å². The van der Waals surface area contributed by atoms with Gasteiger partial charge in [0.15, 0.2) is 0 Å². The Labute approximate surface area is 104 Å². The fourth-order valence-electron chi connectivity index (χ4n) is 3.02. The van der Waals surface area contributed by atoms with Crippen LogP contribution in [0.4, 0.5) is 0 Å². The second-order valence-corrected chi connectivity index (χ2v) is 5.56. The Morgan fingerprint density at radius 1 is 1.35 bits per heavy atom. The van der Waals surface area contributed by atoms with Crippen molar-refractivity contribution in [2.24, 2.45) is 11.7 Å². The number of nitrogens with one attached hydrogen (secondary N) is 1. The van der Waals surface area contributed by atoms with E-state index in [0.29, 0.717) is 5.92 Å². The number of carbonyl (C=O) groups excluding carboxylic acids is 1. The van der Waals surface area contributed by atoms with E-state index in [0.717, 1.165) is 38.9 Å². The highest BCUT2D eigenvalue weighted by Gasteiger charge is 2.31. The highest BCUT2D eigenvalue weighted by Crippen LogP contribution is 2.23.